The van der Waals surface area contributed by atoms with E-state index in [4.69, 9.17) is 0 Å². The molecule has 6 heteroatoms. The van der Waals surface area contributed by atoms with Crippen LogP contribution in [0.5, 0.6) is 0 Å². The molecule has 1 aromatic rings. The molecular formula is C14H21NO4S. The number of sulfonamides is 1. The van der Waals surface area contributed by atoms with E-state index in [9.17, 15) is 13.2 Å². The van der Waals surface area contributed by atoms with Crippen molar-refractivity contribution in [3.8, 4) is 0 Å². The molecule has 0 heterocycles. The molecule has 1 rings (SSSR count). The molecule has 0 N–H and O–H groups in total. The van der Waals surface area contributed by atoms with Crippen molar-refractivity contribution in [1.82, 2.24) is 4.31 Å². The lowest BCUT2D eigenvalue weighted by Crippen LogP contribution is -2.40. The first kappa shape index (κ1) is 16.7. The zero-order chi connectivity index (χ0) is 15.3. The van der Waals surface area contributed by atoms with E-state index in [1.807, 2.05) is 6.92 Å². The predicted molar refractivity (Wildman–Crippen MR) is 76.9 cm³/mol. The van der Waals surface area contributed by atoms with Crippen molar-refractivity contribution in [1.29, 1.82) is 0 Å². The summed E-state index contributed by atoms with van der Waals surface area (Å²) in [5.74, 6) is -0.576. The van der Waals surface area contributed by atoms with Crippen molar-refractivity contribution in [2.75, 3.05) is 13.7 Å². The Morgan fingerprint density at radius 1 is 1.25 bits per heavy atom. The van der Waals surface area contributed by atoms with Crippen molar-refractivity contribution >= 4 is 16.0 Å². The van der Waals surface area contributed by atoms with Crippen LogP contribution >= 0.6 is 0 Å². The summed E-state index contributed by atoms with van der Waals surface area (Å²) in [5.41, 5.74) is 1.06. The van der Waals surface area contributed by atoms with Crippen LogP contribution in [-0.4, -0.2) is 38.4 Å². The van der Waals surface area contributed by atoms with Crippen molar-refractivity contribution in [2.45, 2.75) is 38.1 Å². The minimum atomic E-state index is -3.70. The number of aryl methyl sites for hydroxylation is 1. The Bertz CT molecular complexity index is 549. The summed E-state index contributed by atoms with van der Waals surface area (Å²) in [6, 6.07) is 6.37. The Balaban J connectivity index is 3.11. The van der Waals surface area contributed by atoms with Gasteiger partial charge in [0.05, 0.1) is 12.0 Å². The van der Waals surface area contributed by atoms with Crippen LogP contribution in [0.1, 0.15) is 26.3 Å². The molecule has 20 heavy (non-hydrogen) atoms. The average Bonchev–Trinajstić information content (AvgIpc) is 2.43. The molecule has 0 bridgehead atoms. The third kappa shape index (κ3) is 3.80. The fourth-order valence-electron chi connectivity index (χ4n) is 1.77. The van der Waals surface area contributed by atoms with E-state index in [1.165, 1.54) is 7.11 Å². The van der Waals surface area contributed by atoms with Gasteiger partial charge in [-0.2, -0.15) is 4.31 Å². The second-order valence-electron chi connectivity index (χ2n) is 4.72. The molecule has 5 nitrogen and oxygen atoms in total. The molecule has 0 spiro atoms. The Kier molecular flexibility index (Phi) is 5.71. The van der Waals surface area contributed by atoms with E-state index in [2.05, 4.69) is 4.74 Å². The maximum atomic E-state index is 12.5. The highest BCUT2D eigenvalue weighted by molar-refractivity contribution is 7.89. The Labute approximate surface area is 120 Å². The number of benzene rings is 1. The molecule has 0 aliphatic rings. The lowest BCUT2D eigenvalue weighted by atomic mass is 10.2. The number of carbonyl (C=O) groups excluding carboxylic acids is 1. The first-order valence-electron chi connectivity index (χ1n) is 6.50. The minimum Gasteiger partial charge on any atom is -0.468 e. The van der Waals surface area contributed by atoms with Crippen LogP contribution in [-0.2, 0) is 26.0 Å². The monoisotopic (exact) mass is 299 g/mol. The zero-order valence-electron chi connectivity index (χ0n) is 12.3. The summed E-state index contributed by atoms with van der Waals surface area (Å²) in [6.45, 7) is 5.16. The minimum absolute atomic E-state index is 0.187. The van der Waals surface area contributed by atoms with E-state index in [1.54, 1.807) is 38.1 Å². The van der Waals surface area contributed by atoms with Gasteiger partial charge in [0.1, 0.15) is 6.54 Å². The Morgan fingerprint density at radius 2 is 1.80 bits per heavy atom. The summed E-state index contributed by atoms with van der Waals surface area (Å²) < 4.78 is 30.8. The molecule has 0 aliphatic heterocycles. The fourth-order valence-corrected chi connectivity index (χ4v) is 3.35. The van der Waals surface area contributed by atoms with Crippen LogP contribution in [0.25, 0.3) is 0 Å². The van der Waals surface area contributed by atoms with Gasteiger partial charge in [0.15, 0.2) is 0 Å². The first-order chi connectivity index (χ1) is 9.32. The second-order valence-corrected chi connectivity index (χ2v) is 6.61. The summed E-state index contributed by atoms with van der Waals surface area (Å²) >= 11 is 0. The van der Waals surface area contributed by atoms with Crippen LogP contribution in [0.2, 0.25) is 0 Å². The quantitative estimate of drug-likeness (QED) is 0.752. The molecule has 112 valence electrons. The Morgan fingerprint density at radius 3 is 2.20 bits per heavy atom. The highest BCUT2D eigenvalue weighted by Gasteiger charge is 2.29. The second kappa shape index (κ2) is 6.85. The largest absolute Gasteiger partial charge is 0.468 e. The maximum Gasteiger partial charge on any atom is 0.321 e. The Hall–Kier alpha value is -1.40. The lowest BCUT2D eigenvalue weighted by Gasteiger charge is -2.24. The van der Waals surface area contributed by atoms with Gasteiger partial charge in [0.2, 0.25) is 10.0 Å². The number of hydrogen-bond donors (Lipinski definition) is 0. The van der Waals surface area contributed by atoms with Gasteiger partial charge < -0.3 is 4.74 Å². The number of methoxy groups -OCH3 is 1. The van der Waals surface area contributed by atoms with Gasteiger partial charge in [-0.1, -0.05) is 19.1 Å². The molecule has 0 radical (unpaired) electrons. The lowest BCUT2D eigenvalue weighted by molar-refractivity contribution is -0.141. The summed E-state index contributed by atoms with van der Waals surface area (Å²) in [6.07, 6.45) is 0.844. The highest BCUT2D eigenvalue weighted by atomic mass is 32.2. The number of esters is 1. The van der Waals surface area contributed by atoms with Gasteiger partial charge in [0, 0.05) is 6.04 Å². The van der Waals surface area contributed by atoms with Gasteiger partial charge in [-0.25, -0.2) is 8.42 Å². The molecule has 0 aliphatic carbocycles. The van der Waals surface area contributed by atoms with E-state index in [0.717, 1.165) is 16.3 Å². The molecule has 0 atom stereocenters. The van der Waals surface area contributed by atoms with E-state index in [0.29, 0.717) is 0 Å². The van der Waals surface area contributed by atoms with Gasteiger partial charge in [-0.05, 0) is 38.0 Å². The number of nitrogens with zero attached hydrogens (tertiary/aromatic N) is 1. The third-order valence-corrected chi connectivity index (χ3v) is 5.06. The normalized spacial score (nSPS) is 11.9. The molecular weight excluding hydrogens is 278 g/mol. The van der Waals surface area contributed by atoms with Crippen LogP contribution in [0, 0.1) is 0 Å². The molecule has 1 aromatic carbocycles. The predicted octanol–water partition coefficient (Wildman–Crippen LogP) is 1.82. The summed E-state index contributed by atoms with van der Waals surface area (Å²) in [4.78, 5) is 11.6. The van der Waals surface area contributed by atoms with Crippen LogP contribution in [0.3, 0.4) is 0 Å². The zero-order valence-corrected chi connectivity index (χ0v) is 13.1. The number of carbonyl (C=O) groups is 1. The van der Waals surface area contributed by atoms with E-state index < -0.39 is 16.0 Å². The first-order valence-corrected chi connectivity index (χ1v) is 7.94. The van der Waals surface area contributed by atoms with Crippen molar-refractivity contribution < 1.29 is 17.9 Å². The third-order valence-electron chi connectivity index (χ3n) is 3.03. The van der Waals surface area contributed by atoms with Gasteiger partial charge in [-0.15, -0.1) is 0 Å². The van der Waals surface area contributed by atoms with Crippen LogP contribution in [0.4, 0.5) is 0 Å². The standard InChI is InChI=1S/C14H21NO4S/c1-5-12-6-8-13(9-7-12)20(17,18)15(11(2)3)10-14(16)19-4/h6-9,11H,5,10H2,1-4H3. The van der Waals surface area contributed by atoms with E-state index in [-0.39, 0.29) is 17.5 Å². The maximum absolute atomic E-state index is 12.5. The molecule has 0 unspecified atom stereocenters. The highest BCUT2D eigenvalue weighted by Crippen LogP contribution is 2.19. The van der Waals surface area contributed by atoms with Gasteiger partial charge in [-0.3, -0.25) is 4.79 Å². The average molecular weight is 299 g/mol. The van der Waals surface area contributed by atoms with Crippen LogP contribution < -0.4 is 0 Å². The summed E-state index contributed by atoms with van der Waals surface area (Å²) in [5, 5.41) is 0. The van der Waals surface area contributed by atoms with Gasteiger partial charge in [0.25, 0.3) is 0 Å². The molecule has 0 aromatic heterocycles. The SMILES string of the molecule is CCc1ccc(S(=O)(=O)N(CC(=O)OC)C(C)C)cc1. The number of hydrogen-bond acceptors (Lipinski definition) is 4. The number of rotatable bonds is 6. The van der Waals surface area contributed by atoms with Gasteiger partial charge >= 0.3 is 5.97 Å². The molecule has 0 saturated carbocycles. The fraction of sp³-hybridized carbons (Fsp3) is 0.500. The van der Waals surface area contributed by atoms with Crippen molar-refractivity contribution in [3.63, 3.8) is 0 Å². The molecule has 0 amide bonds. The van der Waals surface area contributed by atoms with E-state index >= 15 is 0 Å². The molecule has 0 fully saturated rings. The topological polar surface area (TPSA) is 63.7 Å². The summed E-state index contributed by atoms with van der Waals surface area (Å²) in [7, 11) is -2.46. The molecule has 0 saturated heterocycles. The van der Waals surface area contributed by atoms with Crippen molar-refractivity contribution in [3.05, 3.63) is 29.8 Å². The van der Waals surface area contributed by atoms with Crippen LogP contribution in [0.15, 0.2) is 29.2 Å². The van der Waals surface area contributed by atoms with Crippen molar-refractivity contribution in [2.24, 2.45) is 0 Å². The smallest absolute Gasteiger partial charge is 0.321 e. The number of ether oxygens (including phenoxy) is 1.